The van der Waals surface area contributed by atoms with Gasteiger partial charge < -0.3 is 4.74 Å². The quantitative estimate of drug-likeness (QED) is 0.798. The molecule has 1 aliphatic rings. The first-order valence-corrected chi connectivity index (χ1v) is 7.11. The first-order valence-electron chi connectivity index (χ1n) is 7.11. The van der Waals surface area contributed by atoms with Gasteiger partial charge in [0.15, 0.2) is 0 Å². The van der Waals surface area contributed by atoms with Crippen LogP contribution in [0.1, 0.15) is 25.7 Å². The second-order valence-corrected chi connectivity index (χ2v) is 5.46. The molecule has 1 saturated carbocycles. The third kappa shape index (κ3) is 3.12. The Balaban J connectivity index is 1.70. The molecule has 0 unspecified atom stereocenters. The molecule has 5 heteroatoms. The summed E-state index contributed by atoms with van der Waals surface area (Å²) in [5, 5.41) is 0.901. The van der Waals surface area contributed by atoms with E-state index < -0.39 is 12.1 Å². The molecule has 0 spiro atoms. The van der Waals surface area contributed by atoms with E-state index in [4.69, 9.17) is 4.74 Å². The van der Waals surface area contributed by atoms with Crippen molar-refractivity contribution in [2.45, 2.75) is 38.0 Å². The van der Waals surface area contributed by atoms with E-state index in [2.05, 4.69) is 4.98 Å². The molecule has 2 aromatic rings. The molecule has 3 rings (SSSR count). The molecule has 21 heavy (non-hydrogen) atoms. The first kappa shape index (κ1) is 14.2. The zero-order valence-electron chi connectivity index (χ0n) is 11.4. The Hall–Kier alpha value is -1.78. The fraction of sp³-hybridized carbons (Fsp3) is 0.438. The normalized spacial score (nSPS) is 23.2. The molecule has 1 heterocycles. The summed E-state index contributed by atoms with van der Waals surface area (Å²) < 4.78 is 43.9. The second-order valence-electron chi connectivity index (χ2n) is 5.46. The van der Waals surface area contributed by atoms with Crippen LogP contribution < -0.4 is 4.74 Å². The van der Waals surface area contributed by atoms with Crippen LogP contribution in [0.2, 0.25) is 0 Å². The van der Waals surface area contributed by atoms with Gasteiger partial charge in [0.2, 0.25) is 0 Å². The van der Waals surface area contributed by atoms with Gasteiger partial charge >= 0.3 is 6.18 Å². The zero-order chi connectivity index (χ0) is 14.9. The van der Waals surface area contributed by atoms with Crippen molar-refractivity contribution in [3.05, 3.63) is 36.5 Å². The van der Waals surface area contributed by atoms with E-state index in [0.29, 0.717) is 18.6 Å². The maximum absolute atomic E-state index is 12.7. The van der Waals surface area contributed by atoms with Crippen molar-refractivity contribution in [1.29, 1.82) is 0 Å². The standard InChI is InChI=1S/C16H16F3NO/c17-16(18,19)11-6-8-12(9-7-11)21-15-5-1-4-14-13(15)3-2-10-20-14/h1-5,10-12H,6-9H2. The van der Waals surface area contributed by atoms with Crippen LogP contribution in [-0.4, -0.2) is 17.3 Å². The largest absolute Gasteiger partial charge is 0.490 e. The number of benzene rings is 1. The number of pyridine rings is 1. The Kier molecular flexibility index (Phi) is 3.74. The SMILES string of the molecule is FC(F)(F)C1CCC(Oc2cccc3ncccc23)CC1. The fourth-order valence-electron chi connectivity index (χ4n) is 2.87. The van der Waals surface area contributed by atoms with Gasteiger partial charge in [0.1, 0.15) is 5.75 Å². The Morgan fingerprint density at radius 2 is 1.76 bits per heavy atom. The lowest BCUT2D eigenvalue weighted by molar-refractivity contribution is -0.185. The summed E-state index contributed by atoms with van der Waals surface area (Å²) >= 11 is 0. The average Bonchev–Trinajstić information content (AvgIpc) is 2.47. The van der Waals surface area contributed by atoms with E-state index in [1.54, 1.807) is 6.20 Å². The van der Waals surface area contributed by atoms with E-state index >= 15 is 0 Å². The van der Waals surface area contributed by atoms with Gasteiger partial charge in [0.25, 0.3) is 0 Å². The Bertz CT molecular complexity index is 613. The molecule has 0 radical (unpaired) electrons. The Morgan fingerprint density at radius 3 is 2.48 bits per heavy atom. The number of halogens is 3. The van der Waals surface area contributed by atoms with Crippen LogP contribution in [-0.2, 0) is 0 Å². The Labute approximate surface area is 120 Å². The molecule has 1 aliphatic carbocycles. The van der Waals surface area contributed by atoms with Crippen LogP contribution >= 0.6 is 0 Å². The highest BCUT2D eigenvalue weighted by atomic mass is 19.4. The van der Waals surface area contributed by atoms with Crippen LogP contribution in [0.4, 0.5) is 13.2 Å². The molecule has 0 aliphatic heterocycles. The van der Waals surface area contributed by atoms with Crippen molar-refractivity contribution >= 4 is 10.9 Å². The van der Waals surface area contributed by atoms with Crippen LogP contribution in [0.3, 0.4) is 0 Å². The van der Waals surface area contributed by atoms with Gasteiger partial charge in [-0.2, -0.15) is 13.2 Å². The second kappa shape index (κ2) is 5.54. The van der Waals surface area contributed by atoms with Crippen molar-refractivity contribution in [3.63, 3.8) is 0 Å². The van der Waals surface area contributed by atoms with Gasteiger partial charge in [-0.05, 0) is 49.9 Å². The van der Waals surface area contributed by atoms with Crippen LogP contribution in [0.15, 0.2) is 36.5 Å². The minimum Gasteiger partial charge on any atom is -0.490 e. The van der Waals surface area contributed by atoms with Gasteiger partial charge in [-0.3, -0.25) is 4.98 Å². The van der Waals surface area contributed by atoms with E-state index in [0.717, 1.165) is 10.9 Å². The van der Waals surface area contributed by atoms with Crippen molar-refractivity contribution in [3.8, 4) is 5.75 Å². The van der Waals surface area contributed by atoms with E-state index in [9.17, 15) is 13.2 Å². The lowest BCUT2D eigenvalue weighted by Crippen LogP contribution is -2.31. The van der Waals surface area contributed by atoms with Crippen LogP contribution in [0.25, 0.3) is 10.9 Å². The van der Waals surface area contributed by atoms with E-state index in [1.807, 2.05) is 30.3 Å². The predicted molar refractivity (Wildman–Crippen MR) is 74.2 cm³/mol. The molecule has 0 amide bonds. The molecular weight excluding hydrogens is 279 g/mol. The van der Waals surface area contributed by atoms with Crippen molar-refractivity contribution < 1.29 is 17.9 Å². The Morgan fingerprint density at radius 1 is 1.00 bits per heavy atom. The summed E-state index contributed by atoms with van der Waals surface area (Å²) in [6.45, 7) is 0. The number of aromatic nitrogens is 1. The molecule has 1 aromatic heterocycles. The zero-order valence-corrected chi connectivity index (χ0v) is 11.4. The summed E-state index contributed by atoms with van der Waals surface area (Å²) in [5.74, 6) is -0.470. The summed E-state index contributed by atoms with van der Waals surface area (Å²) in [7, 11) is 0. The maximum atomic E-state index is 12.7. The van der Waals surface area contributed by atoms with Crippen LogP contribution in [0, 0.1) is 5.92 Å². The van der Waals surface area contributed by atoms with Crippen molar-refractivity contribution in [2.24, 2.45) is 5.92 Å². The highest BCUT2D eigenvalue weighted by molar-refractivity contribution is 5.84. The lowest BCUT2D eigenvalue weighted by atomic mass is 9.87. The van der Waals surface area contributed by atoms with Gasteiger partial charge in [-0.25, -0.2) is 0 Å². The van der Waals surface area contributed by atoms with Gasteiger partial charge in [-0.15, -0.1) is 0 Å². The fourth-order valence-corrected chi connectivity index (χ4v) is 2.87. The van der Waals surface area contributed by atoms with Gasteiger partial charge in [0, 0.05) is 11.6 Å². The highest BCUT2D eigenvalue weighted by Crippen LogP contribution is 2.39. The topological polar surface area (TPSA) is 22.1 Å². The van der Waals surface area contributed by atoms with Crippen LogP contribution in [0.5, 0.6) is 5.75 Å². The number of alkyl halides is 3. The number of nitrogens with zero attached hydrogens (tertiary/aromatic N) is 1. The molecule has 0 saturated heterocycles. The molecule has 2 nitrogen and oxygen atoms in total. The van der Waals surface area contributed by atoms with Crippen molar-refractivity contribution in [1.82, 2.24) is 4.98 Å². The van der Waals surface area contributed by atoms with E-state index in [1.165, 1.54) is 0 Å². The highest BCUT2D eigenvalue weighted by Gasteiger charge is 2.41. The third-order valence-electron chi connectivity index (χ3n) is 4.04. The number of hydrogen-bond donors (Lipinski definition) is 0. The number of ether oxygens (including phenoxy) is 1. The molecule has 112 valence electrons. The molecule has 1 aromatic carbocycles. The third-order valence-corrected chi connectivity index (χ3v) is 4.04. The lowest BCUT2D eigenvalue weighted by Gasteiger charge is -2.30. The van der Waals surface area contributed by atoms with Gasteiger partial charge in [-0.1, -0.05) is 6.07 Å². The smallest absolute Gasteiger partial charge is 0.391 e. The minimum absolute atomic E-state index is 0.144. The molecule has 1 fully saturated rings. The monoisotopic (exact) mass is 295 g/mol. The summed E-state index contributed by atoms with van der Waals surface area (Å²) in [6.07, 6.45) is -1.32. The number of fused-ring (bicyclic) bond motifs is 1. The molecule has 0 atom stereocenters. The van der Waals surface area contributed by atoms with Gasteiger partial charge in [0.05, 0.1) is 17.5 Å². The number of rotatable bonds is 2. The average molecular weight is 295 g/mol. The summed E-state index contributed by atoms with van der Waals surface area (Å²) in [4.78, 5) is 4.25. The van der Waals surface area contributed by atoms with E-state index in [-0.39, 0.29) is 18.9 Å². The summed E-state index contributed by atoms with van der Waals surface area (Å²) in [5.41, 5.74) is 0.832. The predicted octanol–water partition coefficient (Wildman–Crippen LogP) is 4.73. The first-order chi connectivity index (χ1) is 10.0. The maximum Gasteiger partial charge on any atom is 0.391 e. The minimum atomic E-state index is -4.08. The molecular formula is C16H16F3NO. The molecule has 0 N–H and O–H groups in total. The molecule has 0 bridgehead atoms. The summed E-state index contributed by atoms with van der Waals surface area (Å²) in [6, 6.07) is 9.34. The van der Waals surface area contributed by atoms with Crippen molar-refractivity contribution in [2.75, 3.05) is 0 Å². The number of hydrogen-bond acceptors (Lipinski definition) is 2.